The van der Waals surface area contributed by atoms with Gasteiger partial charge in [0.15, 0.2) is 0 Å². The highest BCUT2D eigenvalue weighted by atomic mass is 35.5. The van der Waals surface area contributed by atoms with Gasteiger partial charge in [0.25, 0.3) is 11.8 Å². The van der Waals surface area contributed by atoms with Gasteiger partial charge in [-0.15, -0.1) is 4.72 Å². The quantitative estimate of drug-likeness (QED) is 0.203. The van der Waals surface area contributed by atoms with E-state index in [-0.39, 0.29) is 18.6 Å². The average molecular weight is 651 g/mol. The van der Waals surface area contributed by atoms with Gasteiger partial charge in [-0.3, -0.25) is 14.4 Å². The highest BCUT2D eigenvalue weighted by molar-refractivity contribution is 7.89. The van der Waals surface area contributed by atoms with Crippen molar-refractivity contribution >= 4 is 58.0 Å². The lowest BCUT2D eigenvalue weighted by Gasteiger charge is -2.49. The van der Waals surface area contributed by atoms with Gasteiger partial charge in [0.2, 0.25) is 5.94 Å². The van der Waals surface area contributed by atoms with Crippen LogP contribution in [0.2, 0.25) is 15.1 Å². The molecule has 0 bridgehead atoms. The minimum Gasteiger partial charge on any atom is -0.596 e. The molecular formula is C30H30Cl3N3O5S. The van der Waals surface area contributed by atoms with Gasteiger partial charge in [0, 0.05) is 20.6 Å². The lowest BCUT2D eigenvalue weighted by atomic mass is 9.76. The summed E-state index contributed by atoms with van der Waals surface area (Å²) in [5, 5.41) is 10.8. The van der Waals surface area contributed by atoms with Crippen molar-refractivity contribution in [2.45, 2.75) is 56.3 Å². The predicted molar refractivity (Wildman–Crippen MR) is 163 cm³/mol. The van der Waals surface area contributed by atoms with E-state index >= 15 is 0 Å². The summed E-state index contributed by atoms with van der Waals surface area (Å²) in [6.45, 7) is 0.105. The van der Waals surface area contributed by atoms with E-state index < -0.39 is 41.2 Å². The number of nitrogens with one attached hydrogen (secondary N) is 2. The number of aliphatic hydroxyl groups is 1. The first-order chi connectivity index (χ1) is 20.3. The summed E-state index contributed by atoms with van der Waals surface area (Å²) >= 11 is 17.3. The van der Waals surface area contributed by atoms with Crippen molar-refractivity contribution in [2.75, 3.05) is 5.94 Å². The second kappa shape index (κ2) is 14.0. The first-order valence-electron chi connectivity index (χ1n) is 13.6. The number of hydroxylamine groups is 1. The fourth-order valence-corrected chi connectivity index (χ4v) is 7.23. The van der Waals surface area contributed by atoms with Gasteiger partial charge in [-0.25, -0.2) is 5.48 Å². The fraction of sp³-hybridized carbons (Fsp3) is 0.333. The highest BCUT2D eigenvalue weighted by Crippen LogP contribution is 2.47. The van der Waals surface area contributed by atoms with E-state index in [0.717, 1.165) is 18.4 Å². The number of fused-ring (bicyclic) bond motifs is 1. The molecule has 8 nitrogen and oxygen atoms in total. The van der Waals surface area contributed by atoms with Gasteiger partial charge >= 0.3 is 0 Å². The Kier molecular flexibility index (Phi) is 10.3. The van der Waals surface area contributed by atoms with E-state index in [1.54, 1.807) is 71.6 Å². The summed E-state index contributed by atoms with van der Waals surface area (Å²) in [7, 11) is 0. The Morgan fingerprint density at radius 3 is 2.45 bits per heavy atom. The number of hydrogen-bond acceptors (Lipinski definition) is 6. The smallest absolute Gasteiger partial charge is 0.255 e. The summed E-state index contributed by atoms with van der Waals surface area (Å²) in [5.41, 5.74) is 4.90. The minimum absolute atomic E-state index is 0.105. The highest BCUT2D eigenvalue weighted by Gasteiger charge is 2.49. The third-order valence-corrected chi connectivity index (χ3v) is 9.37. The minimum atomic E-state index is -1.69. The number of aliphatic hydroxyl groups excluding tert-OH is 1. The molecule has 2 amide bonds. The van der Waals surface area contributed by atoms with Crippen molar-refractivity contribution in [2.24, 2.45) is 0 Å². The van der Waals surface area contributed by atoms with Crippen LogP contribution in [-0.2, 0) is 27.6 Å². The van der Waals surface area contributed by atoms with Crippen LogP contribution in [-0.4, -0.2) is 44.4 Å². The lowest BCUT2D eigenvalue weighted by Crippen LogP contribution is -2.59. The molecule has 1 aliphatic carbocycles. The van der Waals surface area contributed by atoms with Crippen LogP contribution in [0.5, 0.6) is 0 Å². The molecule has 3 aromatic carbocycles. The Morgan fingerprint density at radius 2 is 1.71 bits per heavy atom. The van der Waals surface area contributed by atoms with Crippen LogP contribution in [0.25, 0.3) is 0 Å². The van der Waals surface area contributed by atoms with E-state index in [9.17, 15) is 19.2 Å². The van der Waals surface area contributed by atoms with Crippen molar-refractivity contribution in [3.8, 4) is 0 Å². The number of nitrogens with zero attached hydrogens (tertiary/aromatic N) is 1. The number of carbonyl (C=O) groups is 2. The van der Waals surface area contributed by atoms with Crippen LogP contribution in [0.15, 0.2) is 66.7 Å². The first kappa shape index (κ1) is 31.1. The van der Waals surface area contributed by atoms with Crippen LogP contribution in [0.4, 0.5) is 0 Å². The van der Waals surface area contributed by atoms with E-state index in [0.29, 0.717) is 44.6 Å². The van der Waals surface area contributed by atoms with Gasteiger partial charge in [0.1, 0.15) is 0 Å². The van der Waals surface area contributed by atoms with Crippen molar-refractivity contribution in [3.05, 3.63) is 104 Å². The molecule has 3 aromatic rings. The van der Waals surface area contributed by atoms with E-state index in [1.807, 2.05) is 0 Å². The zero-order chi connectivity index (χ0) is 29.8. The van der Waals surface area contributed by atoms with Gasteiger partial charge in [0.05, 0.1) is 42.0 Å². The number of amides is 2. The monoisotopic (exact) mass is 649 g/mol. The first-order valence-corrected chi connectivity index (χ1v) is 16.0. The van der Waals surface area contributed by atoms with Crippen LogP contribution in [0.1, 0.15) is 64.7 Å². The van der Waals surface area contributed by atoms with Gasteiger partial charge in [-0.05, 0) is 59.9 Å². The molecule has 1 aliphatic heterocycles. The molecule has 12 heteroatoms. The average Bonchev–Trinajstić information content (AvgIpc) is 2.98. The molecule has 5 atom stereocenters. The molecule has 1 saturated carbocycles. The maximum absolute atomic E-state index is 14.3. The molecule has 1 fully saturated rings. The number of rotatable bonds is 9. The second-order valence-corrected chi connectivity index (χ2v) is 12.8. The lowest BCUT2D eigenvalue weighted by molar-refractivity contribution is -0.138. The Balaban J connectivity index is 1.56. The summed E-state index contributed by atoms with van der Waals surface area (Å²) in [5.74, 6) is -2.17. The van der Waals surface area contributed by atoms with E-state index in [4.69, 9.17) is 39.6 Å². The maximum Gasteiger partial charge on any atom is 0.255 e. The normalized spacial score (nSPS) is 22.9. The molecule has 0 spiro atoms. The zero-order valence-corrected chi connectivity index (χ0v) is 25.6. The topological polar surface area (TPSA) is 114 Å². The molecule has 0 aromatic heterocycles. The molecule has 1 unspecified atom stereocenters. The van der Waals surface area contributed by atoms with Crippen molar-refractivity contribution in [3.63, 3.8) is 0 Å². The molecule has 42 heavy (non-hydrogen) atoms. The van der Waals surface area contributed by atoms with Crippen LogP contribution in [0, 0.1) is 0 Å². The van der Waals surface area contributed by atoms with E-state index in [2.05, 4.69) is 10.2 Å². The molecule has 222 valence electrons. The Morgan fingerprint density at radius 1 is 1.00 bits per heavy atom. The zero-order valence-electron chi connectivity index (χ0n) is 22.5. The maximum atomic E-state index is 14.3. The van der Waals surface area contributed by atoms with Crippen LogP contribution >= 0.6 is 34.8 Å². The summed E-state index contributed by atoms with van der Waals surface area (Å²) in [6, 6.07) is 17.4. The third kappa shape index (κ3) is 6.74. The van der Waals surface area contributed by atoms with Gasteiger partial charge < -0.3 is 14.6 Å². The van der Waals surface area contributed by atoms with Gasteiger partial charge in [-0.1, -0.05) is 84.0 Å². The second-order valence-electron chi connectivity index (χ2n) is 10.3. The number of halogens is 3. The Bertz CT molecular complexity index is 1430. The Labute approximate surface area is 262 Å². The SMILES string of the molecule is O=C(NOCc1ccc(Cl)cc1)[C@@H]1c2ccccc2C(=O)N([C@H]2CCCC[C@@H]2N[S+]([O-])CO)[C@H]1c1ccc(Cl)cc1Cl. The van der Waals surface area contributed by atoms with Crippen molar-refractivity contribution in [1.29, 1.82) is 0 Å². The molecule has 0 radical (unpaired) electrons. The predicted octanol–water partition coefficient (Wildman–Crippen LogP) is 5.69. The summed E-state index contributed by atoms with van der Waals surface area (Å²) in [6.07, 6.45) is 2.95. The standard InChI is InChI=1S/C30H30Cl3N3O5S/c31-19-11-9-18(10-12-19)16-41-34-29(38)27-21-5-1-2-6-22(21)30(39)36(28(27)23-14-13-20(32)15-24(23)33)26-8-4-3-7-25(26)35-42(40)17-37/h1-2,5-6,9-15,25-28,35,37H,3-4,7-8,16-17H2,(H,34,38)/t25-,26-,27+,28-,42?/m0/s1. The summed E-state index contributed by atoms with van der Waals surface area (Å²) in [4.78, 5) is 35.7. The number of hydrogen-bond donors (Lipinski definition) is 3. The number of benzene rings is 3. The van der Waals surface area contributed by atoms with Crippen LogP contribution < -0.4 is 10.2 Å². The molecular weight excluding hydrogens is 621 g/mol. The van der Waals surface area contributed by atoms with E-state index in [1.165, 1.54) is 0 Å². The molecule has 3 N–H and O–H groups in total. The van der Waals surface area contributed by atoms with Crippen molar-refractivity contribution in [1.82, 2.24) is 15.1 Å². The largest absolute Gasteiger partial charge is 0.596 e. The fourth-order valence-electron chi connectivity index (χ4n) is 5.89. The molecule has 1 heterocycles. The van der Waals surface area contributed by atoms with Crippen LogP contribution in [0.3, 0.4) is 0 Å². The van der Waals surface area contributed by atoms with Crippen molar-refractivity contribution < 1.29 is 24.1 Å². The molecule has 0 saturated heterocycles. The molecule has 5 rings (SSSR count). The Hall–Kier alpha value is -2.34. The van der Waals surface area contributed by atoms with Gasteiger partial charge in [-0.2, -0.15) is 0 Å². The number of carbonyl (C=O) groups excluding carboxylic acids is 2. The summed E-state index contributed by atoms with van der Waals surface area (Å²) < 4.78 is 15.4. The molecule has 2 aliphatic rings. The third-order valence-electron chi connectivity index (χ3n) is 7.75.